The highest BCUT2D eigenvalue weighted by Crippen LogP contribution is 2.30. The fraction of sp³-hybridized carbons (Fsp3) is 0.571. The Hall–Kier alpha value is -0.905. The van der Waals surface area contributed by atoms with Gasteiger partial charge in [-0.15, -0.1) is 0 Å². The van der Waals surface area contributed by atoms with Crippen molar-refractivity contribution >= 4 is 12.6 Å². The molecule has 5 heteroatoms. The van der Waals surface area contributed by atoms with E-state index in [4.69, 9.17) is 0 Å². The topological polar surface area (TPSA) is 43.7 Å². The Labute approximate surface area is 114 Å². The zero-order chi connectivity index (χ0) is 14.0. The van der Waals surface area contributed by atoms with Crippen LogP contribution in [0.3, 0.4) is 0 Å². The first-order valence-electron chi connectivity index (χ1n) is 6.86. The van der Waals surface area contributed by atoms with Crippen molar-refractivity contribution in [1.29, 1.82) is 0 Å². The van der Waals surface area contributed by atoms with E-state index in [1.165, 1.54) is 25.0 Å². The van der Waals surface area contributed by atoms with Crippen LogP contribution in [0.5, 0.6) is 0 Å². The Morgan fingerprint density at radius 2 is 2.05 bits per heavy atom. The summed E-state index contributed by atoms with van der Waals surface area (Å²) in [6, 6.07) is 4.60. The number of halogens is 1. The van der Waals surface area contributed by atoms with Crippen molar-refractivity contribution in [3.63, 3.8) is 0 Å². The van der Waals surface area contributed by atoms with Crippen LogP contribution >= 0.6 is 0 Å². The zero-order valence-electron chi connectivity index (χ0n) is 11.5. The van der Waals surface area contributed by atoms with Gasteiger partial charge in [0.05, 0.1) is 0 Å². The molecule has 0 saturated heterocycles. The van der Waals surface area contributed by atoms with Gasteiger partial charge in [0.25, 0.3) is 0 Å². The quantitative estimate of drug-likeness (QED) is 0.758. The molecule has 0 amide bonds. The summed E-state index contributed by atoms with van der Waals surface area (Å²) in [6.07, 6.45) is 2.56. The third kappa shape index (κ3) is 4.03. The van der Waals surface area contributed by atoms with Crippen molar-refractivity contribution in [1.82, 2.24) is 4.90 Å². The molecule has 2 N–H and O–H groups in total. The van der Waals surface area contributed by atoms with Crippen molar-refractivity contribution in [2.45, 2.75) is 39.3 Å². The fourth-order valence-corrected chi connectivity index (χ4v) is 2.26. The molecule has 0 aromatic heterocycles. The van der Waals surface area contributed by atoms with E-state index in [9.17, 15) is 14.4 Å². The lowest BCUT2D eigenvalue weighted by molar-refractivity contribution is 0.204. The normalized spacial score (nSPS) is 15.3. The Morgan fingerprint density at radius 3 is 2.58 bits per heavy atom. The van der Waals surface area contributed by atoms with Gasteiger partial charge in [0.15, 0.2) is 0 Å². The SMILES string of the molecule is CC(C)N(Cc1ccc(F)cc1B(O)O)CC1CC1. The van der Waals surface area contributed by atoms with Crippen molar-refractivity contribution in [2.75, 3.05) is 6.54 Å². The van der Waals surface area contributed by atoms with E-state index in [0.29, 0.717) is 12.6 Å². The van der Waals surface area contributed by atoms with Gasteiger partial charge in [-0.1, -0.05) is 6.07 Å². The lowest BCUT2D eigenvalue weighted by Crippen LogP contribution is -2.38. The first-order chi connectivity index (χ1) is 8.97. The van der Waals surface area contributed by atoms with Gasteiger partial charge in [0.1, 0.15) is 5.82 Å². The van der Waals surface area contributed by atoms with Crippen LogP contribution < -0.4 is 5.46 Å². The predicted octanol–water partition coefficient (Wildman–Crippen LogP) is 1.13. The third-order valence-corrected chi connectivity index (χ3v) is 3.68. The zero-order valence-corrected chi connectivity index (χ0v) is 11.5. The van der Waals surface area contributed by atoms with Crippen LogP contribution in [-0.2, 0) is 6.54 Å². The summed E-state index contributed by atoms with van der Waals surface area (Å²) in [5.74, 6) is 0.329. The molecule has 0 atom stereocenters. The maximum Gasteiger partial charge on any atom is 0.488 e. The minimum atomic E-state index is -1.62. The van der Waals surface area contributed by atoms with Crippen LogP contribution in [0.25, 0.3) is 0 Å². The second-order valence-corrected chi connectivity index (χ2v) is 5.68. The standard InChI is InChI=1S/C14H21BFNO2/c1-10(2)17(8-11-3-4-11)9-12-5-6-13(16)7-14(12)15(18)19/h5-7,10-11,18-19H,3-4,8-9H2,1-2H3. The Kier molecular flexibility index (Phi) is 4.60. The smallest absolute Gasteiger partial charge is 0.423 e. The molecule has 0 unspecified atom stereocenters. The second kappa shape index (κ2) is 6.03. The number of rotatable bonds is 6. The van der Waals surface area contributed by atoms with E-state index in [1.54, 1.807) is 6.07 Å². The van der Waals surface area contributed by atoms with Crippen molar-refractivity contribution in [2.24, 2.45) is 5.92 Å². The van der Waals surface area contributed by atoms with Crippen molar-refractivity contribution in [3.8, 4) is 0 Å². The van der Waals surface area contributed by atoms with Crippen molar-refractivity contribution in [3.05, 3.63) is 29.6 Å². The summed E-state index contributed by atoms with van der Waals surface area (Å²) in [6.45, 7) is 5.90. The highest BCUT2D eigenvalue weighted by Gasteiger charge is 2.26. The van der Waals surface area contributed by atoms with E-state index < -0.39 is 12.9 Å². The number of nitrogens with zero attached hydrogens (tertiary/aromatic N) is 1. The molecule has 1 fully saturated rings. The molecule has 0 aliphatic heterocycles. The van der Waals surface area contributed by atoms with Gasteiger partial charge in [-0.3, -0.25) is 4.90 Å². The van der Waals surface area contributed by atoms with Crippen LogP contribution in [0.1, 0.15) is 32.3 Å². The molecule has 0 heterocycles. The average Bonchev–Trinajstić information content (AvgIpc) is 3.13. The van der Waals surface area contributed by atoms with Gasteiger partial charge in [-0.05, 0) is 55.8 Å². The van der Waals surface area contributed by atoms with Gasteiger partial charge in [0.2, 0.25) is 0 Å². The molecule has 19 heavy (non-hydrogen) atoms. The third-order valence-electron chi connectivity index (χ3n) is 3.68. The first kappa shape index (κ1) is 14.5. The van der Waals surface area contributed by atoms with E-state index in [-0.39, 0.29) is 5.46 Å². The fourth-order valence-electron chi connectivity index (χ4n) is 2.26. The maximum atomic E-state index is 13.2. The van der Waals surface area contributed by atoms with E-state index in [1.807, 2.05) is 0 Å². The first-order valence-corrected chi connectivity index (χ1v) is 6.86. The number of hydrogen-bond donors (Lipinski definition) is 2. The minimum absolute atomic E-state index is 0.265. The number of benzene rings is 1. The summed E-state index contributed by atoms with van der Waals surface area (Å²) in [5, 5.41) is 18.7. The lowest BCUT2D eigenvalue weighted by atomic mass is 9.76. The molecule has 104 valence electrons. The molecule has 3 nitrogen and oxygen atoms in total. The van der Waals surface area contributed by atoms with E-state index in [2.05, 4.69) is 18.7 Å². The number of hydrogen-bond acceptors (Lipinski definition) is 3. The monoisotopic (exact) mass is 265 g/mol. The van der Waals surface area contributed by atoms with Crippen LogP contribution in [0, 0.1) is 11.7 Å². The van der Waals surface area contributed by atoms with Crippen LogP contribution in [-0.4, -0.2) is 34.7 Å². The average molecular weight is 265 g/mol. The largest absolute Gasteiger partial charge is 0.488 e. The van der Waals surface area contributed by atoms with Crippen LogP contribution in [0.15, 0.2) is 18.2 Å². The Morgan fingerprint density at radius 1 is 1.37 bits per heavy atom. The molecular weight excluding hydrogens is 244 g/mol. The molecule has 1 aromatic rings. The summed E-state index contributed by atoms with van der Waals surface area (Å²) < 4.78 is 13.2. The highest BCUT2D eigenvalue weighted by atomic mass is 19.1. The molecule has 1 aliphatic rings. The molecule has 1 aliphatic carbocycles. The van der Waals surface area contributed by atoms with Gasteiger partial charge in [-0.2, -0.15) is 0 Å². The molecule has 2 rings (SSSR count). The second-order valence-electron chi connectivity index (χ2n) is 5.68. The van der Waals surface area contributed by atoms with Crippen molar-refractivity contribution < 1.29 is 14.4 Å². The minimum Gasteiger partial charge on any atom is -0.423 e. The highest BCUT2D eigenvalue weighted by molar-refractivity contribution is 6.59. The predicted molar refractivity (Wildman–Crippen MR) is 74.5 cm³/mol. The van der Waals surface area contributed by atoms with Crippen LogP contribution in [0.4, 0.5) is 4.39 Å². The summed E-state index contributed by atoms with van der Waals surface area (Å²) in [4.78, 5) is 2.30. The van der Waals surface area contributed by atoms with E-state index in [0.717, 1.165) is 18.0 Å². The summed E-state index contributed by atoms with van der Waals surface area (Å²) in [7, 11) is -1.62. The van der Waals surface area contributed by atoms with Gasteiger partial charge in [-0.25, -0.2) is 4.39 Å². The molecule has 1 saturated carbocycles. The molecule has 1 aromatic carbocycles. The molecule has 0 bridgehead atoms. The summed E-state index contributed by atoms with van der Waals surface area (Å²) >= 11 is 0. The molecule has 0 radical (unpaired) electrons. The molecular formula is C14H21BFNO2. The van der Waals surface area contributed by atoms with Crippen LogP contribution in [0.2, 0.25) is 0 Å². The van der Waals surface area contributed by atoms with Gasteiger partial charge >= 0.3 is 7.12 Å². The lowest BCUT2D eigenvalue weighted by Gasteiger charge is -2.27. The van der Waals surface area contributed by atoms with Gasteiger partial charge in [0, 0.05) is 19.1 Å². The van der Waals surface area contributed by atoms with Gasteiger partial charge < -0.3 is 10.0 Å². The molecule has 0 spiro atoms. The van der Waals surface area contributed by atoms with E-state index >= 15 is 0 Å². The summed E-state index contributed by atoms with van der Waals surface area (Å²) in [5.41, 5.74) is 1.05. The maximum absolute atomic E-state index is 13.2. The Balaban J connectivity index is 2.15. The Bertz CT molecular complexity index is 435.